The highest BCUT2D eigenvalue weighted by Crippen LogP contribution is 2.49. The fraction of sp³-hybridized carbons (Fsp3) is 1.00. The van der Waals surface area contributed by atoms with Crippen molar-refractivity contribution in [3.63, 3.8) is 0 Å². The third-order valence-electron chi connectivity index (χ3n) is 3.29. The van der Waals surface area contributed by atoms with E-state index in [0.717, 1.165) is 24.3 Å². The van der Waals surface area contributed by atoms with E-state index in [0.29, 0.717) is 0 Å². The van der Waals surface area contributed by atoms with E-state index in [1.807, 2.05) is 0 Å². The van der Waals surface area contributed by atoms with Gasteiger partial charge in [-0.1, -0.05) is 25.7 Å². The van der Waals surface area contributed by atoms with Crippen LogP contribution in [0.1, 0.15) is 32.1 Å². The first-order chi connectivity index (χ1) is 4.92. The summed E-state index contributed by atoms with van der Waals surface area (Å²) >= 11 is 0. The summed E-state index contributed by atoms with van der Waals surface area (Å²) in [5.74, 6) is 3.05. The zero-order valence-corrected chi connectivity index (χ0v) is 7.78. The van der Waals surface area contributed by atoms with Crippen LogP contribution in [-0.2, 0) is 0 Å². The molecule has 2 rings (SSSR count). The summed E-state index contributed by atoms with van der Waals surface area (Å²) < 4.78 is 0. The Kier molecular flexibility index (Phi) is 3.20. The second kappa shape index (κ2) is 3.77. The van der Waals surface area contributed by atoms with Crippen molar-refractivity contribution in [2.75, 3.05) is 6.54 Å². The molecule has 1 nitrogen and oxygen atoms in total. The Morgan fingerprint density at radius 2 is 1.82 bits per heavy atom. The summed E-state index contributed by atoms with van der Waals surface area (Å²) in [5.41, 5.74) is 5.59. The number of nitrogens with two attached hydrogens (primary N) is 1. The van der Waals surface area contributed by atoms with Crippen LogP contribution in [0.5, 0.6) is 0 Å². The third kappa shape index (κ3) is 1.88. The van der Waals surface area contributed by atoms with Crippen molar-refractivity contribution in [2.24, 2.45) is 23.5 Å². The average molecular weight is 176 g/mol. The minimum atomic E-state index is 0. The molecule has 2 atom stereocenters. The molecule has 0 aliphatic heterocycles. The number of hydrogen-bond acceptors (Lipinski definition) is 1. The van der Waals surface area contributed by atoms with E-state index in [9.17, 15) is 0 Å². The SMILES string of the molecule is Cl.NCC1CC1C1CCCC1. The molecule has 66 valence electrons. The molecule has 2 fully saturated rings. The van der Waals surface area contributed by atoms with Gasteiger partial charge in [0.15, 0.2) is 0 Å². The zero-order valence-electron chi connectivity index (χ0n) is 6.96. The van der Waals surface area contributed by atoms with Crippen molar-refractivity contribution in [1.29, 1.82) is 0 Å². The van der Waals surface area contributed by atoms with E-state index >= 15 is 0 Å². The molecule has 0 radical (unpaired) electrons. The van der Waals surface area contributed by atoms with Gasteiger partial charge in [0.2, 0.25) is 0 Å². The maximum absolute atomic E-state index is 5.59. The maximum atomic E-state index is 5.59. The lowest BCUT2D eigenvalue weighted by Gasteiger charge is -2.05. The summed E-state index contributed by atoms with van der Waals surface area (Å²) in [6.07, 6.45) is 7.42. The van der Waals surface area contributed by atoms with Crippen LogP contribution in [0.2, 0.25) is 0 Å². The fourth-order valence-electron chi connectivity index (χ4n) is 2.50. The van der Waals surface area contributed by atoms with Gasteiger partial charge in [-0.25, -0.2) is 0 Å². The molecule has 0 amide bonds. The van der Waals surface area contributed by atoms with Gasteiger partial charge in [0.05, 0.1) is 0 Å². The molecular formula is C9H18ClN. The smallest absolute Gasteiger partial charge is 0.00460 e. The molecule has 2 aliphatic carbocycles. The van der Waals surface area contributed by atoms with Crippen LogP contribution in [0.25, 0.3) is 0 Å². The van der Waals surface area contributed by atoms with Gasteiger partial charge >= 0.3 is 0 Å². The van der Waals surface area contributed by atoms with Crippen LogP contribution in [-0.4, -0.2) is 6.54 Å². The summed E-state index contributed by atoms with van der Waals surface area (Å²) in [7, 11) is 0. The Morgan fingerprint density at radius 1 is 1.18 bits per heavy atom. The van der Waals surface area contributed by atoms with Crippen molar-refractivity contribution in [3.05, 3.63) is 0 Å². The lowest BCUT2D eigenvalue weighted by atomic mass is 10.0. The molecule has 2 N–H and O–H groups in total. The lowest BCUT2D eigenvalue weighted by molar-refractivity contribution is 0.450. The highest BCUT2D eigenvalue weighted by atomic mass is 35.5. The number of hydrogen-bond donors (Lipinski definition) is 1. The normalized spacial score (nSPS) is 36.8. The molecule has 0 aromatic rings. The second-order valence-electron chi connectivity index (χ2n) is 3.94. The van der Waals surface area contributed by atoms with Crippen LogP contribution in [0.3, 0.4) is 0 Å². The van der Waals surface area contributed by atoms with E-state index in [2.05, 4.69) is 0 Å². The third-order valence-corrected chi connectivity index (χ3v) is 3.29. The quantitative estimate of drug-likeness (QED) is 0.684. The van der Waals surface area contributed by atoms with Gasteiger partial charge in [0, 0.05) is 0 Å². The minimum Gasteiger partial charge on any atom is -0.330 e. The highest BCUT2D eigenvalue weighted by molar-refractivity contribution is 5.85. The first-order valence-electron chi connectivity index (χ1n) is 4.62. The van der Waals surface area contributed by atoms with Crippen LogP contribution in [0.15, 0.2) is 0 Å². The molecule has 2 saturated carbocycles. The monoisotopic (exact) mass is 175 g/mol. The zero-order chi connectivity index (χ0) is 6.97. The first kappa shape index (κ1) is 9.34. The topological polar surface area (TPSA) is 26.0 Å². The minimum absolute atomic E-state index is 0. The Morgan fingerprint density at radius 3 is 2.27 bits per heavy atom. The molecule has 2 heteroatoms. The van der Waals surface area contributed by atoms with E-state index < -0.39 is 0 Å². The van der Waals surface area contributed by atoms with Crippen molar-refractivity contribution in [1.82, 2.24) is 0 Å². The Hall–Kier alpha value is 0.250. The summed E-state index contributed by atoms with van der Waals surface area (Å²) in [6.45, 7) is 0.946. The van der Waals surface area contributed by atoms with Gasteiger partial charge in [-0.05, 0) is 30.7 Å². The van der Waals surface area contributed by atoms with E-state index in [1.54, 1.807) is 0 Å². The van der Waals surface area contributed by atoms with Gasteiger partial charge in [-0.15, -0.1) is 12.4 Å². The van der Waals surface area contributed by atoms with Gasteiger partial charge in [0.1, 0.15) is 0 Å². The predicted molar refractivity (Wildman–Crippen MR) is 49.9 cm³/mol. The Labute approximate surface area is 75.1 Å². The average Bonchev–Trinajstić information content (AvgIpc) is 2.56. The first-order valence-corrected chi connectivity index (χ1v) is 4.62. The number of rotatable bonds is 2. The van der Waals surface area contributed by atoms with Crippen LogP contribution in [0.4, 0.5) is 0 Å². The molecule has 0 aromatic carbocycles. The molecular weight excluding hydrogens is 158 g/mol. The molecule has 0 aromatic heterocycles. The number of halogens is 1. The van der Waals surface area contributed by atoms with Gasteiger partial charge < -0.3 is 5.73 Å². The molecule has 0 heterocycles. The summed E-state index contributed by atoms with van der Waals surface area (Å²) in [5, 5.41) is 0. The van der Waals surface area contributed by atoms with Crippen LogP contribution in [0, 0.1) is 17.8 Å². The van der Waals surface area contributed by atoms with E-state index in [1.165, 1.54) is 32.1 Å². The molecule has 0 saturated heterocycles. The fourth-order valence-corrected chi connectivity index (χ4v) is 2.50. The van der Waals surface area contributed by atoms with Gasteiger partial charge in [-0.3, -0.25) is 0 Å². The van der Waals surface area contributed by atoms with Crippen LogP contribution < -0.4 is 5.73 Å². The highest BCUT2D eigenvalue weighted by Gasteiger charge is 2.42. The molecule has 0 spiro atoms. The predicted octanol–water partition coefficient (Wildman–Crippen LogP) is 2.19. The largest absolute Gasteiger partial charge is 0.330 e. The maximum Gasteiger partial charge on any atom is -0.00460 e. The Bertz CT molecular complexity index is 121. The van der Waals surface area contributed by atoms with Crippen molar-refractivity contribution in [3.8, 4) is 0 Å². The van der Waals surface area contributed by atoms with Crippen molar-refractivity contribution < 1.29 is 0 Å². The van der Waals surface area contributed by atoms with Crippen LogP contribution >= 0.6 is 12.4 Å². The summed E-state index contributed by atoms with van der Waals surface area (Å²) in [6, 6.07) is 0. The summed E-state index contributed by atoms with van der Waals surface area (Å²) in [4.78, 5) is 0. The van der Waals surface area contributed by atoms with Gasteiger partial charge in [-0.2, -0.15) is 0 Å². The Balaban J connectivity index is 0.000000605. The second-order valence-corrected chi connectivity index (χ2v) is 3.94. The molecule has 2 aliphatic rings. The lowest BCUT2D eigenvalue weighted by Crippen LogP contribution is -2.06. The molecule has 2 unspecified atom stereocenters. The standard InChI is InChI=1S/C9H17N.ClH/c10-6-8-5-9(8)7-3-1-2-4-7;/h7-9H,1-6,10H2;1H. The molecule has 11 heavy (non-hydrogen) atoms. The van der Waals surface area contributed by atoms with Gasteiger partial charge in [0.25, 0.3) is 0 Å². The van der Waals surface area contributed by atoms with Crippen molar-refractivity contribution in [2.45, 2.75) is 32.1 Å². The van der Waals surface area contributed by atoms with E-state index in [-0.39, 0.29) is 12.4 Å². The van der Waals surface area contributed by atoms with E-state index in [4.69, 9.17) is 5.73 Å². The molecule has 0 bridgehead atoms. The van der Waals surface area contributed by atoms with Crippen molar-refractivity contribution >= 4 is 12.4 Å².